The van der Waals surface area contributed by atoms with Crippen molar-refractivity contribution in [3.63, 3.8) is 0 Å². The summed E-state index contributed by atoms with van der Waals surface area (Å²) in [5.41, 5.74) is 8.16. The van der Waals surface area contributed by atoms with Crippen molar-refractivity contribution < 1.29 is 0 Å². The third-order valence-electron chi connectivity index (χ3n) is 7.85. The van der Waals surface area contributed by atoms with Gasteiger partial charge in [-0.3, -0.25) is 4.57 Å². The van der Waals surface area contributed by atoms with Gasteiger partial charge in [-0.15, -0.1) is 0 Å². The lowest BCUT2D eigenvalue weighted by molar-refractivity contribution is 0.747. The summed E-state index contributed by atoms with van der Waals surface area (Å²) in [6, 6.07) is 45.6. The Bertz CT molecular complexity index is 1870. The van der Waals surface area contributed by atoms with Gasteiger partial charge in [-0.05, 0) is 41.0 Å². The van der Waals surface area contributed by atoms with E-state index in [1.165, 1.54) is 49.9 Å². The molecule has 8 rings (SSSR count). The molecule has 37 heavy (non-hydrogen) atoms. The molecule has 0 bridgehead atoms. The van der Waals surface area contributed by atoms with Gasteiger partial charge >= 0.3 is 0 Å². The molecule has 7 aromatic rings. The number of pyridine rings is 1. The second-order valence-electron chi connectivity index (χ2n) is 9.65. The molecule has 0 radical (unpaired) electrons. The molecular formula is C34H23N3. The van der Waals surface area contributed by atoms with E-state index in [2.05, 4.69) is 137 Å². The van der Waals surface area contributed by atoms with E-state index in [0.29, 0.717) is 0 Å². The van der Waals surface area contributed by atoms with Crippen LogP contribution < -0.4 is 0 Å². The average molecular weight is 474 g/mol. The quantitative estimate of drug-likeness (QED) is 0.258. The predicted molar refractivity (Wildman–Crippen MR) is 150 cm³/mol. The first kappa shape index (κ1) is 20.3. The van der Waals surface area contributed by atoms with E-state index in [9.17, 15) is 0 Å². The van der Waals surface area contributed by atoms with Gasteiger partial charge in [0.25, 0.3) is 0 Å². The molecular weight excluding hydrogens is 450 g/mol. The van der Waals surface area contributed by atoms with Crippen molar-refractivity contribution in [2.24, 2.45) is 0 Å². The van der Waals surface area contributed by atoms with Crippen molar-refractivity contribution >= 4 is 21.8 Å². The van der Waals surface area contributed by atoms with Gasteiger partial charge in [-0.1, -0.05) is 103 Å². The number of benzene rings is 4. The van der Waals surface area contributed by atoms with Gasteiger partial charge in [0.2, 0.25) is 0 Å². The topological polar surface area (TPSA) is 22.8 Å². The van der Waals surface area contributed by atoms with Crippen molar-refractivity contribution in [2.75, 3.05) is 0 Å². The highest BCUT2D eigenvalue weighted by atomic mass is 15.1. The molecule has 0 fully saturated rings. The summed E-state index contributed by atoms with van der Waals surface area (Å²) >= 11 is 0. The molecule has 1 aliphatic rings. The summed E-state index contributed by atoms with van der Waals surface area (Å²) in [6.45, 7) is 0. The molecule has 0 unspecified atom stereocenters. The molecule has 174 valence electrons. The number of para-hydroxylation sites is 2. The minimum atomic E-state index is -0.484. The first-order valence-electron chi connectivity index (χ1n) is 12.7. The highest BCUT2D eigenvalue weighted by Crippen LogP contribution is 2.55. The van der Waals surface area contributed by atoms with E-state index in [1.807, 2.05) is 12.3 Å². The molecule has 0 spiro atoms. The van der Waals surface area contributed by atoms with Crippen molar-refractivity contribution in [1.82, 2.24) is 14.1 Å². The van der Waals surface area contributed by atoms with Crippen LogP contribution in [0.4, 0.5) is 0 Å². The lowest BCUT2D eigenvalue weighted by atomic mass is 9.68. The Balaban J connectivity index is 1.64. The molecule has 3 aromatic heterocycles. The molecule has 0 saturated carbocycles. The summed E-state index contributed by atoms with van der Waals surface area (Å²) < 4.78 is 4.77. The van der Waals surface area contributed by atoms with E-state index >= 15 is 0 Å². The predicted octanol–water partition coefficient (Wildman–Crippen LogP) is 7.67. The van der Waals surface area contributed by atoms with Gasteiger partial charge < -0.3 is 4.57 Å². The van der Waals surface area contributed by atoms with Gasteiger partial charge in [0, 0.05) is 23.2 Å². The van der Waals surface area contributed by atoms with Crippen molar-refractivity contribution in [1.29, 1.82) is 0 Å². The number of aromatic nitrogens is 3. The second kappa shape index (κ2) is 7.55. The van der Waals surface area contributed by atoms with E-state index in [0.717, 1.165) is 5.82 Å². The van der Waals surface area contributed by atoms with Gasteiger partial charge in [0.15, 0.2) is 0 Å². The Morgan fingerprint density at radius 2 is 1.22 bits per heavy atom. The Kier molecular flexibility index (Phi) is 4.15. The summed E-state index contributed by atoms with van der Waals surface area (Å²) in [5, 5.41) is 2.47. The van der Waals surface area contributed by atoms with Gasteiger partial charge in [-0.25, -0.2) is 4.98 Å². The van der Waals surface area contributed by atoms with Gasteiger partial charge in [0.05, 0.1) is 27.8 Å². The zero-order valence-electron chi connectivity index (χ0n) is 20.1. The smallest absolute Gasteiger partial charge is 0.137 e. The number of rotatable bonds is 3. The molecule has 4 heterocycles. The Hall–Kier alpha value is -4.89. The molecule has 3 heteroatoms. The number of fused-ring (bicyclic) bond motifs is 7. The van der Waals surface area contributed by atoms with Gasteiger partial charge in [-0.2, -0.15) is 0 Å². The van der Waals surface area contributed by atoms with Crippen LogP contribution in [-0.4, -0.2) is 14.1 Å². The fraction of sp³-hybridized carbons (Fsp3) is 0.0294. The highest BCUT2D eigenvalue weighted by molar-refractivity contribution is 6.11. The minimum Gasteiger partial charge on any atom is -0.316 e. The van der Waals surface area contributed by atoms with E-state index in [4.69, 9.17) is 4.98 Å². The Morgan fingerprint density at radius 3 is 1.95 bits per heavy atom. The lowest BCUT2D eigenvalue weighted by Gasteiger charge is -2.32. The summed E-state index contributed by atoms with van der Waals surface area (Å²) in [4.78, 5) is 4.82. The van der Waals surface area contributed by atoms with Crippen LogP contribution in [0.25, 0.3) is 33.3 Å². The van der Waals surface area contributed by atoms with Crippen molar-refractivity contribution in [3.05, 3.63) is 162 Å². The van der Waals surface area contributed by atoms with Crippen LogP contribution in [0.3, 0.4) is 0 Å². The first-order valence-corrected chi connectivity index (χ1v) is 12.7. The lowest BCUT2D eigenvalue weighted by Crippen LogP contribution is -2.29. The minimum absolute atomic E-state index is 0.484. The zero-order chi connectivity index (χ0) is 24.4. The monoisotopic (exact) mass is 473 g/mol. The fourth-order valence-electron chi connectivity index (χ4n) is 6.46. The van der Waals surface area contributed by atoms with Crippen LogP contribution in [-0.2, 0) is 5.41 Å². The maximum absolute atomic E-state index is 4.82. The van der Waals surface area contributed by atoms with E-state index < -0.39 is 5.41 Å². The van der Waals surface area contributed by atoms with Crippen LogP contribution in [0.15, 0.2) is 140 Å². The normalized spacial score (nSPS) is 13.6. The fourth-order valence-corrected chi connectivity index (χ4v) is 6.46. The molecule has 0 atom stereocenters. The first-order chi connectivity index (χ1) is 18.4. The van der Waals surface area contributed by atoms with Crippen molar-refractivity contribution in [3.8, 4) is 11.5 Å². The molecule has 0 N–H and O–H groups in total. The number of nitrogens with zero attached hydrogens (tertiary/aromatic N) is 3. The maximum atomic E-state index is 4.82. The number of hydrogen-bond acceptors (Lipinski definition) is 1. The Morgan fingerprint density at radius 1 is 0.568 bits per heavy atom. The zero-order valence-corrected chi connectivity index (χ0v) is 20.1. The van der Waals surface area contributed by atoms with E-state index in [1.54, 1.807) is 0 Å². The van der Waals surface area contributed by atoms with Crippen LogP contribution >= 0.6 is 0 Å². The van der Waals surface area contributed by atoms with Crippen molar-refractivity contribution in [2.45, 2.75) is 5.41 Å². The maximum Gasteiger partial charge on any atom is 0.137 e. The van der Waals surface area contributed by atoms with E-state index in [-0.39, 0.29) is 0 Å². The summed E-state index contributed by atoms with van der Waals surface area (Å²) in [7, 11) is 0. The van der Waals surface area contributed by atoms with Crippen LogP contribution in [0, 0.1) is 0 Å². The SMILES string of the molecule is c1ccc(C2(c3ccccc3)c3ccccc3-n3cc4c5ccccc5n(-c5ccccn5)c4c32)cc1. The largest absolute Gasteiger partial charge is 0.316 e. The van der Waals surface area contributed by atoms with Crippen LogP contribution in [0.2, 0.25) is 0 Å². The number of hydrogen-bond donors (Lipinski definition) is 0. The standard InChI is InChI=1S/C34H23N3/c1-3-13-24(14-4-1)34(25-15-5-2-6-16-25)28-18-8-10-20-30(28)36-23-27-26-17-7-9-19-29(26)37(32(27)33(34)36)31-21-11-12-22-35-31/h1-23H. The third-order valence-corrected chi connectivity index (χ3v) is 7.85. The molecule has 1 aliphatic heterocycles. The molecule has 3 nitrogen and oxygen atoms in total. The average Bonchev–Trinajstić information content (AvgIpc) is 3.60. The van der Waals surface area contributed by atoms with Gasteiger partial charge in [0.1, 0.15) is 5.82 Å². The summed E-state index contributed by atoms with van der Waals surface area (Å²) in [5.74, 6) is 0.925. The third kappa shape index (κ3) is 2.58. The molecule has 0 amide bonds. The molecule has 0 saturated heterocycles. The second-order valence-corrected chi connectivity index (χ2v) is 9.65. The summed E-state index contributed by atoms with van der Waals surface area (Å²) in [6.07, 6.45) is 4.21. The molecule has 4 aromatic carbocycles. The van der Waals surface area contributed by atoms with Crippen LogP contribution in [0.5, 0.6) is 0 Å². The molecule has 0 aliphatic carbocycles. The van der Waals surface area contributed by atoms with Crippen LogP contribution in [0.1, 0.15) is 22.4 Å². The highest BCUT2D eigenvalue weighted by Gasteiger charge is 2.49. The Labute approximate surface area is 214 Å².